The van der Waals surface area contributed by atoms with Crippen LogP contribution in [0, 0.1) is 0 Å². The van der Waals surface area contributed by atoms with E-state index in [2.05, 4.69) is 10.6 Å². The van der Waals surface area contributed by atoms with Crippen LogP contribution in [0.3, 0.4) is 0 Å². The number of anilines is 1. The zero-order chi connectivity index (χ0) is 21.4. The molecule has 0 saturated carbocycles. The Morgan fingerprint density at radius 1 is 1.10 bits per heavy atom. The van der Waals surface area contributed by atoms with Gasteiger partial charge in [0.15, 0.2) is 16.6 Å². The van der Waals surface area contributed by atoms with E-state index in [4.69, 9.17) is 38.0 Å². The molecule has 156 valence electrons. The minimum Gasteiger partial charge on any atom is -0.490 e. The lowest BCUT2D eigenvalue weighted by atomic mass is 10.1. The number of hydrogen-bond acceptors (Lipinski definition) is 5. The van der Waals surface area contributed by atoms with Gasteiger partial charge < -0.3 is 24.8 Å². The fourth-order valence-corrected chi connectivity index (χ4v) is 3.14. The normalized spacial score (nSPS) is 11.3. The van der Waals surface area contributed by atoms with Crippen LogP contribution in [0.2, 0.25) is 5.02 Å². The molecule has 0 aliphatic rings. The maximum Gasteiger partial charge on any atom is 0.339 e. The average molecular weight is 437 g/mol. The average Bonchev–Trinajstić information content (AvgIpc) is 2.70. The summed E-state index contributed by atoms with van der Waals surface area (Å²) in [6, 6.07) is 10.6. The van der Waals surface area contributed by atoms with Crippen LogP contribution in [0.1, 0.15) is 42.7 Å². The van der Waals surface area contributed by atoms with E-state index in [0.29, 0.717) is 40.5 Å². The first-order valence-corrected chi connectivity index (χ1v) is 10.0. The molecular weight excluding hydrogens is 412 g/mol. The van der Waals surface area contributed by atoms with E-state index in [-0.39, 0.29) is 11.6 Å². The van der Waals surface area contributed by atoms with Crippen molar-refractivity contribution in [3.8, 4) is 11.5 Å². The van der Waals surface area contributed by atoms with Crippen molar-refractivity contribution in [3.05, 3.63) is 52.5 Å². The van der Waals surface area contributed by atoms with Crippen LogP contribution >= 0.6 is 23.8 Å². The third kappa shape index (κ3) is 6.24. The summed E-state index contributed by atoms with van der Waals surface area (Å²) in [6.07, 6.45) is 0. The topological polar surface area (TPSA) is 68.8 Å². The van der Waals surface area contributed by atoms with Crippen LogP contribution in [0.15, 0.2) is 36.4 Å². The number of halogens is 1. The summed E-state index contributed by atoms with van der Waals surface area (Å²) < 4.78 is 16.0. The summed E-state index contributed by atoms with van der Waals surface area (Å²) in [5, 5.41) is 6.99. The number of hydrogen-bond donors (Lipinski definition) is 2. The highest BCUT2D eigenvalue weighted by Crippen LogP contribution is 2.31. The van der Waals surface area contributed by atoms with E-state index in [1.165, 1.54) is 7.11 Å². The third-order valence-electron chi connectivity index (χ3n) is 4.04. The minimum absolute atomic E-state index is 0.0859. The summed E-state index contributed by atoms with van der Waals surface area (Å²) in [4.78, 5) is 11.8. The fraction of sp³-hybridized carbons (Fsp3) is 0.333. The van der Waals surface area contributed by atoms with Crippen LogP contribution in [0.25, 0.3) is 0 Å². The van der Waals surface area contributed by atoms with Crippen LogP contribution in [-0.2, 0) is 4.74 Å². The molecule has 2 aromatic carbocycles. The summed E-state index contributed by atoms with van der Waals surface area (Å²) in [7, 11) is 1.31. The van der Waals surface area contributed by atoms with Crippen LogP contribution in [0.5, 0.6) is 11.5 Å². The second-order valence-corrected chi connectivity index (χ2v) is 6.89. The number of ether oxygens (including phenoxy) is 3. The maximum atomic E-state index is 11.8. The molecule has 8 heteroatoms. The van der Waals surface area contributed by atoms with E-state index in [1.54, 1.807) is 18.2 Å². The number of esters is 1. The van der Waals surface area contributed by atoms with Gasteiger partial charge in [-0.3, -0.25) is 0 Å². The number of benzene rings is 2. The van der Waals surface area contributed by atoms with Gasteiger partial charge in [-0.25, -0.2) is 4.79 Å². The monoisotopic (exact) mass is 436 g/mol. The quantitative estimate of drug-likeness (QED) is 0.447. The lowest BCUT2D eigenvalue weighted by Gasteiger charge is -2.19. The Hall–Kier alpha value is -2.51. The summed E-state index contributed by atoms with van der Waals surface area (Å²) in [6.45, 7) is 6.96. The van der Waals surface area contributed by atoms with E-state index < -0.39 is 5.97 Å². The lowest BCUT2D eigenvalue weighted by Crippen LogP contribution is -2.31. The molecule has 2 N–H and O–H groups in total. The molecule has 29 heavy (non-hydrogen) atoms. The maximum absolute atomic E-state index is 11.8. The van der Waals surface area contributed by atoms with Crippen molar-refractivity contribution >= 4 is 40.6 Å². The Morgan fingerprint density at radius 2 is 1.79 bits per heavy atom. The highest BCUT2D eigenvalue weighted by atomic mass is 35.5. The first kappa shape index (κ1) is 22.8. The Labute approximate surface area is 181 Å². The standard InChI is InChI=1S/C21H25ClN2O4S/c1-5-27-18-10-7-14(11-19(18)28-6-2)13(3)23-21(29)24-15-8-9-17(22)16(12-15)20(25)26-4/h7-13H,5-6H2,1-4H3,(H2,23,24,29). The van der Waals surface area contributed by atoms with Gasteiger partial charge in [-0.1, -0.05) is 17.7 Å². The van der Waals surface area contributed by atoms with Crippen LogP contribution in [-0.4, -0.2) is 31.4 Å². The van der Waals surface area contributed by atoms with Gasteiger partial charge in [0.1, 0.15) is 0 Å². The van der Waals surface area contributed by atoms with Gasteiger partial charge in [0, 0.05) is 5.69 Å². The van der Waals surface area contributed by atoms with E-state index in [0.717, 1.165) is 5.56 Å². The van der Waals surface area contributed by atoms with E-state index >= 15 is 0 Å². The molecule has 0 spiro atoms. The molecule has 0 bridgehead atoms. The van der Waals surface area contributed by atoms with Gasteiger partial charge in [0.25, 0.3) is 0 Å². The van der Waals surface area contributed by atoms with Crippen molar-refractivity contribution in [1.82, 2.24) is 5.32 Å². The van der Waals surface area contributed by atoms with Crippen LogP contribution in [0.4, 0.5) is 5.69 Å². The van der Waals surface area contributed by atoms with Crippen molar-refractivity contribution in [2.24, 2.45) is 0 Å². The molecule has 6 nitrogen and oxygen atoms in total. The SMILES string of the molecule is CCOc1ccc(C(C)NC(=S)Nc2ccc(Cl)c(C(=O)OC)c2)cc1OCC. The second-order valence-electron chi connectivity index (χ2n) is 6.08. The molecule has 1 atom stereocenters. The largest absolute Gasteiger partial charge is 0.490 e. The number of thiocarbonyl (C=S) groups is 1. The van der Waals surface area contributed by atoms with Crippen molar-refractivity contribution in [2.75, 3.05) is 25.6 Å². The number of rotatable bonds is 8. The highest BCUT2D eigenvalue weighted by Gasteiger charge is 2.14. The molecule has 0 heterocycles. The number of nitrogens with one attached hydrogen (secondary N) is 2. The smallest absolute Gasteiger partial charge is 0.339 e. The third-order valence-corrected chi connectivity index (χ3v) is 4.59. The highest BCUT2D eigenvalue weighted by molar-refractivity contribution is 7.80. The Morgan fingerprint density at radius 3 is 2.45 bits per heavy atom. The lowest BCUT2D eigenvalue weighted by molar-refractivity contribution is 0.0601. The van der Waals surface area contributed by atoms with Crippen molar-refractivity contribution in [1.29, 1.82) is 0 Å². The molecule has 0 fully saturated rings. The number of carbonyl (C=O) groups is 1. The summed E-state index contributed by atoms with van der Waals surface area (Å²) in [5.74, 6) is 0.894. The van der Waals surface area contributed by atoms with Gasteiger partial charge in [-0.15, -0.1) is 0 Å². The van der Waals surface area contributed by atoms with Gasteiger partial charge in [-0.2, -0.15) is 0 Å². The molecule has 0 saturated heterocycles. The number of carbonyl (C=O) groups excluding carboxylic acids is 1. The molecule has 0 aromatic heterocycles. The van der Waals surface area contributed by atoms with Crippen molar-refractivity contribution < 1.29 is 19.0 Å². The molecule has 0 radical (unpaired) electrons. The zero-order valence-corrected chi connectivity index (χ0v) is 18.4. The summed E-state index contributed by atoms with van der Waals surface area (Å²) in [5.41, 5.74) is 1.89. The number of methoxy groups -OCH3 is 1. The Balaban J connectivity index is 2.09. The van der Waals surface area contributed by atoms with Crippen molar-refractivity contribution in [2.45, 2.75) is 26.8 Å². The molecule has 2 aromatic rings. The first-order chi connectivity index (χ1) is 13.9. The van der Waals surface area contributed by atoms with Gasteiger partial charge in [0.05, 0.1) is 37.0 Å². The predicted octanol–water partition coefficient (Wildman–Crippen LogP) is 4.97. The van der Waals surface area contributed by atoms with Crippen LogP contribution < -0.4 is 20.1 Å². The molecule has 2 rings (SSSR count). The van der Waals surface area contributed by atoms with Gasteiger partial charge in [-0.05, 0) is 68.9 Å². The predicted molar refractivity (Wildman–Crippen MR) is 119 cm³/mol. The summed E-state index contributed by atoms with van der Waals surface area (Å²) >= 11 is 11.5. The van der Waals surface area contributed by atoms with E-state index in [9.17, 15) is 4.79 Å². The molecule has 0 aliphatic heterocycles. The zero-order valence-electron chi connectivity index (χ0n) is 16.9. The van der Waals surface area contributed by atoms with Gasteiger partial charge in [0.2, 0.25) is 0 Å². The van der Waals surface area contributed by atoms with Crippen molar-refractivity contribution in [3.63, 3.8) is 0 Å². The molecule has 0 aliphatic carbocycles. The second kappa shape index (κ2) is 10.9. The molecular formula is C21H25ClN2O4S. The molecule has 0 amide bonds. The Bertz CT molecular complexity index is 876. The first-order valence-electron chi connectivity index (χ1n) is 9.24. The Kier molecular flexibility index (Phi) is 8.54. The fourth-order valence-electron chi connectivity index (χ4n) is 2.65. The minimum atomic E-state index is -0.510. The van der Waals surface area contributed by atoms with Gasteiger partial charge >= 0.3 is 5.97 Å². The molecule has 1 unspecified atom stereocenters. The van der Waals surface area contributed by atoms with E-state index in [1.807, 2.05) is 39.0 Å².